The van der Waals surface area contributed by atoms with Gasteiger partial charge in [-0.1, -0.05) is 66.7 Å². The Labute approximate surface area is 229 Å². The summed E-state index contributed by atoms with van der Waals surface area (Å²) in [6.45, 7) is 4.29. The van der Waals surface area contributed by atoms with Crippen LogP contribution in [0.2, 0.25) is 0 Å². The van der Waals surface area contributed by atoms with Crippen molar-refractivity contribution in [2.24, 2.45) is 0 Å². The van der Waals surface area contributed by atoms with Crippen LogP contribution in [0, 0.1) is 0 Å². The van der Waals surface area contributed by atoms with E-state index in [1.807, 2.05) is 62.4 Å². The van der Waals surface area contributed by atoms with Crippen molar-refractivity contribution in [3.05, 3.63) is 118 Å². The van der Waals surface area contributed by atoms with Crippen molar-refractivity contribution in [1.29, 1.82) is 0 Å². The fourth-order valence-corrected chi connectivity index (χ4v) is 5.57. The first-order chi connectivity index (χ1) is 19.0. The molecule has 0 radical (unpaired) electrons. The lowest BCUT2D eigenvalue weighted by molar-refractivity contribution is -0.139. The van der Waals surface area contributed by atoms with Gasteiger partial charge in [0.25, 0.3) is 0 Å². The Bertz CT molecular complexity index is 1420. The predicted octanol–water partition coefficient (Wildman–Crippen LogP) is 5.94. The van der Waals surface area contributed by atoms with Crippen LogP contribution in [-0.4, -0.2) is 30.1 Å². The smallest absolute Gasteiger partial charge is 0.336 e. The van der Waals surface area contributed by atoms with E-state index in [-0.39, 0.29) is 24.1 Å². The molecule has 200 valence electrons. The van der Waals surface area contributed by atoms with Crippen molar-refractivity contribution in [2.75, 3.05) is 13.2 Å². The molecule has 0 bridgehead atoms. The molecule has 2 aliphatic rings. The number of nitrogens with one attached hydrogen (secondary N) is 1. The molecule has 0 saturated carbocycles. The SMILES string of the molecule is CCOc1cc([C@H]2C(C(=O)OCCc3ccccc3)=C(C)NC3=C2C(=O)C[C@H](c2ccccc2)C3)ccc1O. The zero-order valence-corrected chi connectivity index (χ0v) is 22.3. The largest absolute Gasteiger partial charge is 0.504 e. The summed E-state index contributed by atoms with van der Waals surface area (Å²) in [5, 5.41) is 13.7. The highest BCUT2D eigenvalue weighted by atomic mass is 16.5. The van der Waals surface area contributed by atoms with E-state index >= 15 is 0 Å². The van der Waals surface area contributed by atoms with E-state index in [0.717, 1.165) is 16.8 Å². The van der Waals surface area contributed by atoms with Crippen LogP contribution in [0.3, 0.4) is 0 Å². The molecule has 0 aromatic heterocycles. The average molecular weight is 524 g/mol. The van der Waals surface area contributed by atoms with E-state index in [1.54, 1.807) is 18.2 Å². The van der Waals surface area contributed by atoms with Crippen molar-refractivity contribution in [3.63, 3.8) is 0 Å². The minimum atomic E-state index is -0.630. The molecule has 1 heterocycles. The van der Waals surface area contributed by atoms with Crippen LogP contribution < -0.4 is 10.1 Å². The van der Waals surface area contributed by atoms with Crippen LogP contribution in [0.25, 0.3) is 0 Å². The lowest BCUT2D eigenvalue weighted by Crippen LogP contribution is -2.36. The van der Waals surface area contributed by atoms with Gasteiger partial charge in [-0.3, -0.25) is 4.79 Å². The van der Waals surface area contributed by atoms with E-state index < -0.39 is 11.9 Å². The van der Waals surface area contributed by atoms with Gasteiger partial charge < -0.3 is 19.9 Å². The summed E-state index contributed by atoms with van der Waals surface area (Å²) in [7, 11) is 0. The third-order valence-corrected chi connectivity index (χ3v) is 7.40. The molecule has 1 aliphatic heterocycles. The molecule has 2 atom stereocenters. The number of dihydropyridines is 1. The van der Waals surface area contributed by atoms with E-state index in [0.29, 0.717) is 54.0 Å². The summed E-state index contributed by atoms with van der Waals surface area (Å²) < 4.78 is 11.4. The Morgan fingerprint density at radius 1 is 0.974 bits per heavy atom. The fourth-order valence-electron chi connectivity index (χ4n) is 5.57. The highest BCUT2D eigenvalue weighted by Gasteiger charge is 2.41. The number of carbonyl (C=O) groups excluding carboxylic acids is 2. The number of ketones is 1. The van der Waals surface area contributed by atoms with Crippen molar-refractivity contribution in [1.82, 2.24) is 5.32 Å². The number of esters is 1. The zero-order valence-electron chi connectivity index (χ0n) is 22.3. The first-order valence-corrected chi connectivity index (χ1v) is 13.4. The fraction of sp³-hybridized carbons (Fsp3) is 0.273. The van der Waals surface area contributed by atoms with E-state index in [4.69, 9.17) is 9.47 Å². The second-order valence-electron chi connectivity index (χ2n) is 9.96. The number of phenols is 1. The molecule has 3 aromatic rings. The number of allylic oxidation sites excluding steroid dienone is 3. The van der Waals surface area contributed by atoms with Crippen LogP contribution in [0.15, 0.2) is 101 Å². The summed E-state index contributed by atoms with van der Waals surface area (Å²) in [6.07, 6.45) is 1.61. The monoisotopic (exact) mass is 523 g/mol. The number of carbonyl (C=O) groups is 2. The normalized spacial score (nSPS) is 18.9. The summed E-state index contributed by atoms with van der Waals surface area (Å²) in [5.41, 5.74) is 5.37. The molecular weight excluding hydrogens is 490 g/mol. The Morgan fingerprint density at radius 3 is 2.41 bits per heavy atom. The molecule has 6 heteroatoms. The maximum Gasteiger partial charge on any atom is 0.336 e. The van der Waals surface area contributed by atoms with Crippen LogP contribution in [-0.2, 0) is 20.7 Å². The number of aromatic hydroxyl groups is 1. The number of hydrogen-bond acceptors (Lipinski definition) is 6. The van der Waals surface area contributed by atoms with Crippen LogP contribution in [0.1, 0.15) is 55.2 Å². The van der Waals surface area contributed by atoms with Crippen molar-refractivity contribution >= 4 is 11.8 Å². The minimum absolute atomic E-state index is 0.00396. The molecule has 0 unspecified atom stereocenters. The van der Waals surface area contributed by atoms with Gasteiger partial charge in [-0.15, -0.1) is 0 Å². The van der Waals surface area contributed by atoms with Gasteiger partial charge >= 0.3 is 5.97 Å². The van der Waals surface area contributed by atoms with Crippen molar-refractivity contribution < 1.29 is 24.2 Å². The number of phenolic OH excluding ortho intramolecular Hbond substituents is 1. The summed E-state index contributed by atoms with van der Waals surface area (Å²) in [6, 6.07) is 24.9. The predicted molar refractivity (Wildman–Crippen MR) is 149 cm³/mol. The van der Waals surface area contributed by atoms with E-state index in [2.05, 4.69) is 17.4 Å². The molecule has 3 aromatic carbocycles. The maximum atomic E-state index is 13.8. The number of Topliss-reactive ketones (excluding diaryl/α,β-unsaturated/α-hetero) is 1. The van der Waals surface area contributed by atoms with Crippen LogP contribution in [0.5, 0.6) is 11.5 Å². The molecule has 6 nitrogen and oxygen atoms in total. The third-order valence-electron chi connectivity index (χ3n) is 7.40. The summed E-state index contributed by atoms with van der Waals surface area (Å²) in [5.74, 6) is -0.718. The molecule has 0 amide bonds. The average Bonchev–Trinajstić information content (AvgIpc) is 2.94. The summed E-state index contributed by atoms with van der Waals surface area (Å²) >= 11 is 0. The first kappa shape index (κ1) is 26.3. The topological polar surface area (TPSA) is 84.9 Å². The van der Waals surface area contributed by atoms with Gasteiger partial charge in [0.15, 0.2) is 17.3 Å². The van der Waals surface area contributed by atoms with Gasteiger partial charge in [-0.05, 0) is 55.0 Å². The molecule has 1 aliphatic carbocycles. The van der Waals surface area contributed by atoms with Gasteiger partial charge in [0.1, 0.15) is 0 Å². The Hall–Kier alpha value is -4.32. The number of hydrogen-bond donors (Lipinski definition) is 2. The molecule has 0 saturated heterocycles. The molecular formula is C33H33NO5. The highest BCUT2D eigenvalue weighted by molar-refractivity contribution is 6.04. The van der Waals surface area contributed by atoms with Crippen LogP contribution >= 0.6 is 0 Å². The lowest BCUT2D eigenvalue weighted by Gasteiger charge is -2.36. The van der Waals surface area contributed by atoms with Gasteiger partial charge in [0.05, 0.1) is 18.8 Å². The standard InChI is InChI=1S/C33H33NO5/c1-3-38-29-20-24(14-15-27(29)35)31-30(33(37)39-17-16-22-10-6-4-7-11-22)21(2)34-26-18-25(19-28(36)32(26)31)23-12-8-5-9-13-23/h4-15,20,25,31,34-35H,3,16-19H2,1-2H3/t25-,31+/m1/s1. The summed E-state index contributed by atoms with van der Waals surface area (Å²) in [4.78, 5) is 27.4. The van der Waals surface area contributed by atoms with Gasteiger partial charge in [-0.2, -0.15) is 0 Å². The van der Waals surface area contributed by atoms with Gasteiger partial charge in [0.2, 0.25) is 0 Å². The quantitative estimate of drug-likeness (QED) is 0.356. The molecule has 0 fully saturated rings. The van der Waals surface area contributed by atoms with Crippen molar-refractivity contribution in [3.8, 4) is 11.5 Å². The lowest BCUT2D eigenvalue weighted by atomic mass is 9.71. The Morgan fingerprint density at radius 2 is 1.69 bits per heavy atom. The highest BCUT2D eigenvalue weighted by Crippen LogP contribution is 2.47. The van der Waals surface area contributed by atoms with E-state index in [1.165, 1.54) is 0 Å². The van der Waals surface area contributed by atoms with Gasteiger partial charge in [0, 0.05) is 35.7 Å². The maximum absolute atomic E-state index is 13.8. The molecule has 5 rings (SSSR count). The zero-order chi connectivity index (χ0) is 27.4. The molecule has 0 spiro atoms. The van der Waals surface area contributed by atoms with E-state index in [9.17, 15) is 14.7 Å². The first-order valence-electron chi connectivity index (χ1n) is 13.4. The van der Waals surface area contributed by atoms with Crippen molar-refractivity contribution in [2.45, 2.75) is 44.9 Å². The minimum Gasteiger partial charge on any atom is -0.504 e. The molecule has 2 N–H and O–H groups in total. The van der Waals surface area contributed by atoms with Crippen LogP contribution in [0.4, 0.5) is 0 Å². The Kier molecular flexibility index (Phi) is 7.82. The second kappa shape index (κ2) is 11.6. The number of ether oxygens (including phenoxy) is 2. The molecule has 39 heavy (non-hydrogen) atoms. The van der Waals surface area contributed by atoms with Gasteiger partial charge in [-0.25, -0.2) is 4.79 Å². The number of benzene rings is 3. The Balaban J connectivity index is 1.50. The number of rotatable bonds is 8. The third kappa shape index (κ3) is 5.60. The second-order valence-corrected chi connectivity index (χ2v) is 9.96.